The zero-order valence-electron chi connectivity index (χ0n) is 11.9. The summed E-state index contributed by atoms with van der Waals surface area (Å²) >= 11 is 0. The summed E-state index contributed by atoms with van der Waals surface area (Å²) in [5.41, 5.74) is 5.05. The van der Waals surface area contributed by atoms with E-state index in [1.54, 1.807) is 30.5 Å². The Morgan fingerprint density at radius 1 is 1.10 bits per heavy atom. The summed E-state index contributed by atoms with van der Waals surface area (Å²) in [6, 6.07) is 8.68. The number of hydrogen-bond acceptors (Lipinski definition) is 4. The van der Waals surface area contributed by atoms with E-state index in [1.165, 1.54) is 0 Å². The molecule has 3 N–H and O–H groups in total. The number of benzene rings is 1. The lowest BCUT2D eigenvalue weighted by atomic mass is 10.1. The molecule has 5 heteroatoms. The number of phenols is 1. The largest absolute Gasteiger partial charge is 0.508 e. The third kappa shape index (κ3) is 2.72. The third-order valence-electron chi connectivity index (χ3n) is 3.31. The van der Waals surface area contributed by atoms with Gasteiger partial charge in [0.15, 0.2) is 0 Å². The SMILES string of the molecule is Cc1c[nH]c(C)c1-c1ccnc(Nc2ccc(O)cc2)n1. The van der Waals surface area contributed by atoms with E-state index in [1.807, 2.05) is 26.1 Å². The molecule has 0 spiro atoms. The number of aromatic amines is 1. The van der Waals surface area contributed by atoms with E-state index in [0.29, 0.717) is 5.95 Å². The Hall–Kier alpha value is -2.82. The second-order valence-electron chi connectivity index (χ2n) is 4.91. The molecule has 0 radical (unpaired) electrons. The predicted molar refractivity (Wildman–Crippen MR) is 82.7 cm³/mol. The molecule has 0 bridgehead atoms. The Kier molecular flexibility index (Phi) is 3.31. The number of anilines is 2. The fraction of sp³-hybridized carbons (Fsp3) is 0.125. The van der Waals surface area contributed by atoms with Crippen LogP contribution in [0.4, 0.5) is 11.6 Å². The molecule has 0 aliphatic heterocycles. The molecule has 3 aromatic rings. The average molecular weight is 280 g/mol. The van der Waals surface area contributed by atoms with Gasteiger partial charge < -0.3 is 15.4 Å². The minimum Gasteiger partial charge on any atom is -0.508 e. The lowest BCUT2D eigenvalue weighted by Gasteiger charge is -2.07. The smallest absolute Gasteiger partial charge is 0.227 e. The first-order valence-corrected chi connectivity index (χ1v) is 6.67. The van der Waals surface area contributed by atoms with Crippen LogP contribution in [0.15, 0.2) is 42.7 Å². The van der Waals surface area contributed by atoms with Crippen LogP contribution in [-0.4, -0.2) is 20.1 Å². The van der Waals surface area contributed by atoms with Crippen LogP contribution in [0.3, 0.4) is 0 Å². The molecular weight excluding hydrogens is 264 g/mol. The standard InChI is InChI=1S/C16H16N4O/c1-10-9-18-11(2)15(10)14-7-8-17-16(20-14)19-12-3-5-13(21)6-4-12/h3-9,18,21H,1-2H3,(H,17,19,20). The molecule has 2 aromatic heterocycles. The highest BCUT2D eigenvalue weighted by Crippen LogP contribution is 2.26. The molecule has 5 nitrogen and oxygen atoms in total. The normalized spacial score (nSPS) is 10.6. The first-order chi connectivity index (χ1) is 10.1. The molecule has 1 aromatic carbocycles. The monoisotopic (exact) mass is 280 g/mol. The van der Waals surface area contributed by atoms with Crippen LogP contribution in [0, 0.1) is 13.8 Å². The maximum Gasteiger partial charge on any atom is 0.227 e. The quantitative estimate of drug-likeness (QED) is 0.642. The Morgan fingerprint density at radius 3 is 2.52 bits per heavy atom. The molecule has 0 saturated heterocycles. The second-order valence-corrected chi connectivity index (χ2v) is 4.91. The first kappa shape index (κ1) is 13.2. The van der Waals surface area contributed by atoms with E-state index in [0.717, 1.165) is 28.2 Å². The van der Waals surface area contributed by atoms with Crippen molar-refractivity contribution in [3.05, 3.63) is 54.0 Å². The van der Waals surface area contributed by atoms with Crippen LogP contribution in [0.5, 0.6) is 5.75 Å². The van der Waals surface area contributed by atoms with Gasteiger partial charge in [-0.25, -0.2) is 9.97 Å². The second kappa shape index (κ2) is 5.28. The van der Waals surface area contributed by atoms with Gasteiger partial charge >= 0.3 is 0 Å². The summed E-state index contributed by atoms with van der Waals surface area (Å²) in [7, 11) is 0. The minimum atomic E-state index is 0.230. The maximum atomic E-state index is 9.29. The van der Waals surface area contributed by atoms with Gasteiger partial charge in [0.25, 0.3) is 0 Å². The molecule has 0 fully saturated rings. The van der Waals surface area contributed by atoms with Gasteiger partial charge in [0, 0.05) is 29.3 Å². The van der Waals surface area contributed by atoms with Crippen molar-refractivity contribution in [1.82, 2.24) is 15.0 Å². The van der Waals surface area contributed by atoms with Gasteiger partial charge in [0.05, 0.1) is 5.69 Å². The highest BCUT2D eigenvalue weighted by molar-refractivity contribution is 5.67. The summed E-state index contributed by atoms with van der Waals surface area (Å²) in [5, 5.41) is 12.4. The molecule has 0 aliphatic rings. The summed E-state index contributed by atoms with van der Waals surface area (Å²) in [4.78, 5) is 12.0. The summed E-state index contributed by atoms with van der Waals surface area (Å²) < 4.78 is 0. The van der Waals surface area contributed by atoms with Crippen molar-refractivity contribution < 1.29 is 5.11 Å². The number of aromatic nitrogens is 3. The Morgan fingerprint density at radius 2 is 1.86 bits per heavy atom. The number of phenolic OH excluding ortho intramolecular Hbond substituents is 1. The fourth-order valence-electron chi connectivity index (χ4n) is 2.28. The van der Waals surface area contributed by atoms with Gasteiger partial charge in [0.1, 0.15) is 5.75 Å². The maximum absolute atomic E-state index is 9.29. The van der Waals surface area contributed by atoms with Crippen molar-refractivity contribution in [2.45, 2.75) is 13.8 Å². The van der Waals surface area contributed by atoms with Gasteiger partial charge in [-0.3, -0.25) is 0 Å². The van der Waals surface area contributed by atoms with Gasteiger partial charge in [-0.2, -0.15) is 0 Å². The van der Waals surface area contributed by atoms with Gasteiger partial charge in [-0.15, -0.1) is 0 Å². The number of nitrogens with zero attached hydrogens (tertiary/aromatic N) is 2. The van der Waals surface area contributed by atoms with E-state index in [2.05, 4.69) is 20.3 Å². The number of nitrogens with one attached hydrogen (secondary N) is 2. The highest BCUT2D eigenvalue weighted by atomic mass is 16.3. The number of rotatable bonds is 3. The van der Waals surface area contributed by atoms with Crippen LogP contribution in [-0.2, 0) is 0 Å². The molecule has 3 rings (SSSR count). The molecule has 2 heterocycles. The average Bonchev–Trinajstić information content (AvgIpc) is 2.81. The Bertz CT molecular complexity index is 743. The van der Waals surface area contributed by atoms with Crippen LogP contribution in [0.25, 0.3) is 11.3 Å². The topological polar surface area (TPSA) is 73.8 Å². The van der Waals surface area contributed by atoms with E-state index < -0.39 is 0 Å². The van der Waals surface area contributed by atoms with E-state index in [-0.39, 0.29) is 5.75 Å². The van der Waals surface area contributed by atoms with E-state index in [9.17, 15) is 5.11 Å². The number of aryl methyl sites for hydroxylation is 2. The lowest BCUT2D eigenvalue weighted by Crippen LogP contribution is -1.98. The third-order valence-corrected chi connectivity index (χ3v) is 3.31. The molecule has 0 aliphatic carbocycles. The van der Waals surface area contributed by atoms with Crippen molar-refractivity contribution >= 4 is 11.6 Å². The molecule has 0 saturated carbocycles. The first-order valence-electron chi connectivity index (χ1n) is 6.67. The van der Waals surface area contributed by atoms with Crippen molar-refractivity contribution in [2.24, 2.45) is 0 Å². The van der Waals surface area contributed by atoms with Crippen LogP contribution < -0.4 is 5.32 Å². The van der Waals surface area contributed by atoms with Gasteiger partial charge in [-0.05, 0) is 49.7 Å². The Balaban J connectivity index is 1.92. The summed E-state index contributed by atoms with van der Waals surface area (Å²) in [6.45, 7) is 4.07. The van der Waals surface area contributed by atoms with Crippen molar-refractivity contribution in [1.29, 1.82) is 0 Å². The van der Waals surface area contributed by atoms with Crippen LogP contribution in [0.2, 0.25) is 0 Å². The molecule has 0 atom stereocenters. The van der Waals surface area contributed by atoms with Crippen LogP contribution in [0.1, 0.15) is 11.3 Å². The number of hydrogen-bond donors (Lipinski definition) is 3. The summed E-state index contributed by atoms with van der Waals surface area (Å²) in [6.07, 6.45) is 3.71. The number of aromatic hydroxyl groups is 1. The Labute approximate surface area is 122 Å². The zero-order chi connectivity index (χ0) is 14.8. The van der Waals surface area contributed by atoms with Crippen LogP contribution >= 0.6 is 0 Å². The van der Waals surface area contributed by atoms with E-state index >= 15 is 0 Å². The molecule has 0 unspecified atom stereocenters. The lowest BCUT2D eigenvalue weighted by molar-refractivity contribution is 0.475. The summed E-state index contributed by atoms with van der Waals surface area (Å²) in [5.74, 6) is 0.756. The minimum absolute atomic E-state index is 0.230. The van der Waals surface area contributed by atoms with Crippen molar-refractivity contribution in [3.8, 4) is 17.0 Å². The molecule has 21 heavy (non-hydrogen) atoms. The van der Waals surface area contributed by atoms with Gasteiger partial charge in [0.2, 0.25) is 5.95 Å². The highest BCUT2D eigenvalue weighted by Gasteiger charge is 2.09. The molecule has 106 valence electrons. The fourth-order valence-corrected chi connectivity index (χ4v) is 2.28. The zero-order valence-corrected chi connectivity index (χ0v) is 11.9. The predicted octanol–water partition coefficient (Wildman–Crippen LogP) is 3.54. The molecular formula is C16H16N4O. The number of H-pyrrole nitrogens is 1. The van der Waals surface area contributed by atoms with E-state index in [4.69, 9.17) is 0 Å². The molecule has 0 amide bonds. The van der Waals surface area contributed by atoms with Crippen molar-refractivity contribution in [3.63, 3.8) is 0 Å². The van der Waals surface area contributed by atoms with Gasteiger partial charge in [-0.1, -0.05) is 0 Å². The van der Waals surface area contributed by atoms with Crippen molar-refractivity contribution in [2.75, 3.05) is 5.32 Å².